The van der Waals surface area contributed by atoms with Gasteiger partial charge in [-0.3, -0.25) is 4.79 Å². The van der Waals surface area contributed by atoms with Crippen molar-refractivity contribution in [1.82, 2.24) is 0 Å². The first-order valence-corrected chi connectivity index (χ1v) is 5.45. The molecule has 1 aromatic heterocycles. The average Bonchev–Trinajstić information content (AvgIpc) is 2.85. The summed E-state index contributed by atoms with van der Waals surface area (Å²) in [5.74, 6) is -0.556. The van der Waals surface area contributed by atoms with Crippen molar-refractivity contribution >= 4 is 23.4 Å². The molecule has 19 heavy (non-hydrogen) atoms. The molecule has 0 aliphatic heterocycles. The standard InChI is InChI=1S/C13H12N2O4/c1-18-13(17)8-2-4-9(5-3-8)15-12(16)10-6-7-11(14)19-10/h2-7H,14H2,1H3,(H,15,16). The zero-order valence-electron chi connectivity index (χ0n) is 10.2. The van der Waals surface area contributed by atoms with E-state index in [-0.39, 0.29) is 11.6 Å². The Morgan fingerprint density at radius 1 is 1.16 bits per heavy atom. The molecule has 6 heteroatoms. The van der Waals surface area contributed by atoms with E-state index < -0.39 is 11.9 Å². The van der Waals surface area contributed by atoms with E-state index in [9.17, 15) is 9.59 Å². The van der Waals surface area contributed by atoms with Crippen molar-refractivity contribution in [2.24, 2.45) is 0 Å². The van der Waals surface area contributed by atoms with Gasteiger partial charge >= 0.3 is 5.97 Å². The summed E-state index contributed by atoms with van der Waals surface area (Å²) in [6.45, 7) is 0. The van der Waals surface area contributed by atoms with Gasteiger partial charge in [0.25, 0.3) is 5.91 Å². The number of ether oxygens (including phenoxy) is 1. The first-order valence-electron chi connectivity index (χ1n) is 5.45. The Morgan fingerprint density at radius 2 is 1.84 bits per heavy atom. The minimum atomic E-state index is -0.434. The molecule has 1 aromatic carbocycles. The predicted octanol–water partition coefficient (Wildman–Crippen LogP) is 1.90. The molecule has 0 bridgehead atoms. The Morgan fingerprint density at radius 3 is 2.37 bits per heavy atom. The van der Waals surface area contributed by atoms with E-state index in [1.807, 2.05) is 0 Å². The summed E-state index contributed by atoms with van der Waals surface area (Å²) >= 11 is 0. The van der Waals surface area contributed by atoms with Crippen LogP contribution in [0.15, 0.2) is 40.8 Å². The molecule has 2 rings (SSSR count). The van der Waals surface area contributed by atoms with Crippen LogP contribution in [0.3, 0.4) is 0 Å². The Balaban J connectivity index is 2.07. The van der Waals surface area contributed by atoms with Gasteiger partial charge in [0.05, 0.1) is 12.7 Å². The van der Waals surface area contributed by atoms with Crippen molar-refractivity contribution in [2.45, 2.75) is 0 Å². The summed E-state index contributed by atoms with van der Waals surface area (Å²) in [6.07, 6.45) is 0. The lowest BCUT2D eigenvalue weighted by molar-refractivity contribution is 0.0600. The highest BCUT2D eigenvalue weighted by Crippen LogP contribution is 2.14. The number of anilines is 2. The van der Waals surface area contributed by atoms with Gasteiger partial charge in [-0.15, -0.1) is 0 Å². The van der Waals surface area contributed by atoms with E-state index >= 15 is 0 Å². The topological polar surface area (TPSA) is 94.6 Å². The fraction of sp³-hybridized carbons (Fsp3) is 0.0769. The Bertz CT molecular complexity index is 601. The number of esters is 1. The molecule has 98 valence electrons. The van der Waals surface area contributed by atoms with Gasteiger partial charge in [-0.25, -0.2) is 4.79 Å². The quantitative estimate of drug-likeness (QED) is 0.822. The molecule has 0 atom stereocenters. The number of hydrogen-bond donors (Lipinski definition) is 2. The fourth-order valence-electron chi connectivity index (χ4n) is 1.48. The third-order valence-electron chi connectivity index (χ3n) is 2.41. The van der Waals surface area contributed by atoms with Crippen LogP contribution in [0.2, 0.25) is 0 Å². The van der Waals surface area contributed by atoms with Crippen molar-refractivity contribution in [1.29, 1.82) is 0 Å². The lowest BCUT2D eigenvalue weighted by atomic mass is 10.2. The van der Waals surface area contributed by atoms with Crippen LogP contribution in [0.4, 0.5) is 11.6 Å². The number of furan rings is 1. The SMILES string of the molecule is COC(=O)c1ccc(NC(=O)c2ccc(N)o2)cc1. The van der Waals surface area contributed by atoms with Crippen molar-refractivity contribution < 1.29 is 18.7 Å². The number of hydrogen-bond acceptors (Lipinski definition) is 5. The number of methoxy groups -OCH3 is 1. The number of benzene rings is 1. The van der Waals surface area contributed by atoms with Gasteiger partial charge in [-0.1, -0.05) is 0 Å². The smallest absolute Gasteiger partial charge is 0.337 e. The van der Waals surface area contributed by atoms with Crippen LogP contribution < -0.4 is 11.1 Å². The maximum Gasteiger partial charge on any atom is 0.337 e. The second kappa shape index (κ2) is 5.26. The first-order chi connectivity index (χ1) is 9.10. The molecule has 0 radical (unpaired) electrons. The van der Waals surface area contributed by atoms with Gasteiger partial charge in [-0.2, -0.15) is 0 Å². The number of rotatable bonds is 3. The van der Waals surface area contributed by atoms with Crippen LogP contribution in [-0.4, -0.2) is 19.0 Å². The first kappa shape index (κ1) is 12.7. The maximum atomic E-state index is 11.8. The molecule has 0 spiro atoms. The second-order valence-electron chi connectivity index (χ2n) is 3.73. The van der Waals surface area contributed by atoms with Crippen LogP contribution in [0.25, 0.3) is 0 Å². The van der Waals surface area contributed by atoms with Crippen molar-refractivity contribution in [2.75, 3.05) is 18.2 Å². The van der Waals surface area contributed by atoms with Gasteiger partial charge in [-0.05, 0) is 30.3 Å². The molecule has 3 N–H and O–H groups in total. The average molecular weight is 260 g/mol. The highest BCUT2D eigenvalue weighted by Gasteiger charge is 2.11. The number of nitrogens with two attached hydrogens (primary N) is 1. The number of carbonyl (C=O) groups excluding carboxylic acids is 2. The van der Waals surface area contributed by atoms with Crippen LogP contribution in [0.1, 0.15) is 20.9 Å². The largest absolute Gasteiger partial charge is 0.465 e. The molecule has 1 heterocycles. The molecule has 0 aliphatic carbocycles. The van der Waals surface area contributed by atoms with Crippen LogP contribution in [0.5, 0.6) is 0 Å². The second-order valence-corrected chi connectivity index (χ2v) is 3.73. The molecule has 0 saturated heterocycles. The Kier molecular flexibility index (Phi) is 3.51. The molecule has 0 unspecified atom stereocenters. The summed E-state index contributed by atoms with van der Waals surface area (Å²) in [5, 5.41) is 2.62. The lowest BCUT2D eigenvalue weighted by Gasteiger charge is -2.04. The van der Waals surface area contributed by atoms with E-state index in [0.717, 1.165) is 0 Å². The fourth-order valence-corrected chi connectivity index (χ4v) is 1.48. The zero-order chi connectivity index (χ0) is 13.8. The van der Waals surface area contributed by atoms with E-state index in [1.54, 1.807) is 24.3 Å². The molecule has 0 aliphatic rings. The van der Waals surface area contributed by atoms with Crippen LogP contribution >= 0.6 is 0 Å². The van der Waals surface area contributed by atoms with E-state index in [2.05, 4.69) is 10.1 Å². The summed E-state index contributed by atoms with van der Waals surface area (Å²) in [4.78, 5) is 23.0. The monoisotopic (exact) mass is 260 g/mol. The third-order valence-corrected chi connectivity index (χ3v) is 2.41. The van der Waals surface area contributed by atoms with E-state index in [0.29, 0.717) is 11.3 Å². The molecule has 0 fully saturated rings. The molecule has 0 saturated carbocycles. The van der Waals surface area contributed by atoms with Gasteiger partial charge in [0.2, 0.25) is 0 Å². The molecular weight excluding hydrogens is 248 g/mol. The summed E-state index contributed by atoms with van der Waals surface area (Å²) < 4.78 is 9.56. The van der Waals surface area contributed by atoms with Crippen LogP contribution in [0, 0.1) is 0 Å². The normalized spacial score (nSPS) is 9.95. The van der Waals surface area contributed by atoms with Crippen LogP contribution in [-0.2, 0) is 4.74 Å². The molecular formula is C13H12N2O4. The predicted molar refractivity (Wildman–Crippen MR) is 68.9 cm³/mol. The molecule has 1 amide bonds. The van der Waals surface area contributed by atoms with Gasteiger partial charge in [0, 0.05) is 11.8 Å². The van der Waals surface area contributed by atoms with E-state index in [1.165, 1.54) is 19.2 Å². The number of nitrogens with one attached hydrogen (secondary N) is 1. The number of amides is 1. The van der Waals surface area contributed by atoms with Gasteiger partial charge in [0.1, 0.15) is 0 Å². The molecule has 6 nitrogen and oxygen atoms in total. The zero-order valence-corrected chi connectivity index (χ0v) is 10.2. The molecule has 2 aromatic rings. The van der Waals surface area contributed by atoms with Crippen molar-refractivity contribution in [3.63, 3.8) is 0 Å². The summed E-state index contributed by atoms with van der Waals surface area (Å²) in [5.41, 5.74) is 6.32. The Hall–Kier alpha value is -2.76. The van der Waals surface area contributed by atoms with Gasteiger partial charge in [0.15, 0.2) is 11.6 Å². The summed E-state index contributed by atoms with van der Waals surface area (Å²) in [7, 11) is 1.30. The minimum Gasteiger partial charge on any atom is -0.465 e. The number of carbonyl (C=O) groups is 2. The highest BCUT2D eigenvalue weighted by atomic mass is 16.5. The number of nitrogen functional groups attached to an aromatic ring is 1. The highest BCUT2D eigenvalue weighted by molar-refractivity contribution is 6.02. The van der Waals surface area contributed by atoms with Crippen molar-refractivity contribution in [3.05, 3.63) is 47.7 Å². The van der Waals surface area contributed by atoms with Gasteiger partial charge < -0.3 is 20.2 Å². The third kappa shape index (κ3) is 2.92. The maximum absolute atomic E-state index is 11.8. The Labute approximate surface area is 109 Å². The van der Waals surface area contributed by atoms with Crippen molar-refractivity contribution in [3.8, 4) is 0 Å². The summed E-state index contributed by atoms with van der Waals surface area (Å²) in [6, 6.07) is 9.27. The minimum absolute atomic E-state index is 0.120. The van der Waals surface area contributed by atoms with E-state index in [4.69, 9.17) is 10.2 Å². The lowest BCUT2D eigenvalue weighted by Crippen LogP contribution is -2.11.